The zero-order valence-corrected chi connectivity index (χ0v) is 21.9. The van der Waals surface area contributed by atoms with E-state index >= 15 is 0 Å². The first kappa shape index (κ1) is 30.3. The van der Waals surface area contributed by atoms with Gasteiger partial charge in [-0.1, -0.05) is 30.4 Å². The summed E-state index contributed by atoms with van der Waals surface area (Å²) in [7, 11) is 0. The van der Waals surface area contributed by atoms with Gasteiger partial charge in [-0.25, -0.2) is 0 Å². The topological polar surface area (TPSA) is 114 Å². The summed E-state index contributed by atoms with van der Waals surface area (Å²) in [6, 6.07) is -0.307. The number of hydrogen-bond donors (Lipinski definition) is 3. The van der Waals surface area contributed by atoms with Crippen molar-refractivity contribution in [2.24, 2.45) is 0 Å². The SMILES string of the molecule is CC(CC(C)(C)OCCC(C)(C)OCC(C)NC(=O)C1=C/C=C\C=C/C=C\1)NC(=O)CCC(=O)O. The summed E-state index contributed by atoms with van der Waals surface area (Å²) in [6.45, 7) is 12.5. The number of amides is 2. The average Bonchev–Trinajstić information content (AvgIpc) is 2.69. The summed E-state index contributed by atoms with van der Waals surface area (Å²) in [5, 5.41) is 14.5. The van der Waals surface area contributed by atoms with Crippen LogP contribution in [-0.4, -0.2) is 59.4 Å². The zero-order valence-electron chi connectivity index (χ0n) is 21.9. The predicted molar refractivity (Wildman–Crippen MR) is 137 cm³/mol. The molecule has 0 aromatic heterocycles. The molecule has 0 saturated heterocycles. The molecule has 0 saturated carbocycles. The van der Waals surface area contributed by atoms with Gasteiger partial charge in [0.15, 0.2) is 0 Å². The monoisotopic (exact) mass is 490 g/mol. The van der Waals surface area contributed by atoms with Crippen molar-refractivity contribution in [2.45, 2.75) is 90.5 Å². The molecule has 0 fully saturated rings. The Balaban J connectivity index is 2.38. The Kier molecular flexibility index (Phi) is 12.7. The van der Waals surface area contributed by atoms with Gasteiger partial charge >= 0.3 is 5.97 Å². The number of carboxylic acids is 1. The van der Waals surface area contributed by atoms with Crippen molar-refractivity contribution in [3.8, 4) is 0 Å². The lowest BCUT2D eigenvalue weighted by Crippen LogP contribution is -2.41. The molecule has 8 nitrogen and oxygen atoms in total. The molecule has 0 aliphatic heterocycles. The van der Waals surface area contributed by atoms with Crippen LogP contribution in [0, 0.1) is 0 Å². The minimum Gasteiger partial charge on any atom is -0.481 e. The summed E-state index contributed by atoms with van der Waals surface area (Å²) in [6.07, 6.45) is 13.9. The summed E-state index contributed by atoms with van der Waals surface area (Å²) in [4.78, 5) is 34.9. The number of carbonyl (C=O) groups excluding carboxylic acids is 2. The van der Waals surface area contributed by atoms with E-state index in [-0.39, 0.29) is 36.7 Å². The van der Waals surface area contributed by atoms with E-state index in [0.717, 1.165) is 0 Å². The van der Waals surface area contributed by atoms with Gasteiger partial charge in [-0.3, -0.25) is 14.4 Å². The molecule has 8 heteroatoms. The lowest BCUT2D eigenvalue weighted by atomic mass is 9.99. The van der Waals surface area contributed by atoms with E-state index in [0.29, 0.717) is 31.6 Å². The van der Waals surface area contributed by atoms with Gasteiger partial charge in [0.1, 0.15) is 0 Å². The Labute approximate surface area is 209 Å². The number of carbonyl (C=O) groups is 3. The van der Waals surface area contributed by atoms with Crippen LogP contribution in [0.25, 0.3) is 0 Å². The van der Waals surface area contributed by atoms with E-state index in [1.54, 1.807) is 12.2 Å². The molecule has 1 aliphatic rings. The van der Waals surface area contributed by atoms with E-state index in [4.69, 9.17) is 14.6 Å². The number of ether oxygens (including phenoxy) is 2. The molecule has 2 unspecified atom stereocenters. The molecular weight excluding hydrogens is 448 g/mol. The van der Waals surface area contributed by atoms with Crippen LogP contribution >= 0.6 is 0 Å². The van der Waals surface area contributed by atoms with Crippen LogP contribution in [-0.2, 0) is 23.9 Å². The molecule has 2 amide bonds. The number of carboxylic acid groups (broad SMARTS) is 1. The first-order valence-corrected chi connectivity index (χ1v) is 12.1. The molecule has 0 spiro atoms. The highest BCUT2D eigenvalue weighted by Crippen LogP contribution is 2.21. The normalized spacial score (nSPS) is 19.8. The molecule has 0 heterocycles. The number of hydrogen-bond acceptors (Lipinski definition) is 5. The van der Waals surface area contributed by atoms with E-state index in [1.165, 1.54) is 0 Å². The maximum absolute atomic E-state index is 12.5. The molecule has 196 valence electrons. The van der Waals surface area contributed by atoms with Crippen LogP contribution in [0.15, 0.2) is 48.1 Å². The molecule has 3 N–H and O–H groups in total. The highest BCUT2D eigenvalue weighted by Gasteiger charge is 2.26. The van der Waals surface area contributed by atoms with Gasteiger partial charge in [0, 0.05) is 24.1 Å². The smallest absolute Gasteiger partial charge is 0.303 e. The molecule has 1 rings (SSSR count). The largest absolute Gasteiger partial charge is 0.481 e. The van der Waals surface area contributed by atoms with Gasteiger partial charge in [-0.2, -0.15) is 0 Å². The molecule has 35 heavy (non-hydrogen) atoms. The predicted octanol–water partition coefficient (Wildman–Crippen LogP) is 3.84. The lowest BCUT2D eigenvalue weighted by Gasteiger charge is -2.32. The Morgan fingerprint density at radius 1 is 0.886 bits per heavy atom. The van der Waals surface area contributed by atoms with Gasteiger partial charge < -0.3 is 25.2 Å². The number of aliphatic carboxylic acids is 1. The van der Waals surface area contributed by atoms with Crippen molar-refractivity contribution >= 4 is 17.8 Å². The van der Waals surface area contributed by atoms with Gasteiger partial charge in [0.25, 0.3) is 5.91 Å². The maximum Gasteiger partial charge on any atom is 0.303 e. The highest BCUT2D eigenvalue weighted by atomic mass is 16.5. The Morgan fingerprint density at radius 3 is 2.23 bits per heavy atom. The van der Waals surface area contributed by atoms with Crippen LogP contribution < -0.4 is 10.6 Å². The third-order valence-electron chi connectivity index (χ3n) is 5.33. The van der Waals surface area contributed by atoms with Gasteiger partial charge in [-0.05, 0) is 66.5 Å². The first-order chi connectivity index (χ1) is 16.3. The van der Waals surface area contributed by atoms with E-state index < -0.39 is 17.2 Å². The summed E-state index contributed by atoms with van der Waals surface area (Å²) >= 11 is 0. The van der Waals surface area contributed by atoms with Gasteiger partial charge in [0.2, 0.25) is 5.91 Å². The van der Waals surface area contributed by atoms with Gasteiger partial charge in [-0.15, -0.1) is 0 Å². The first-order valence-electron chi connectivity index (χ1n) is 12.1. The summed E-state index contributed by atoms with van der Waals surface area (Å²) in [5.74, 6) is -1.41. The highest BCUT2D eigenvalue weighted by molar-refractivity contribution is 5.96. The molecule has 1 aliphatic carbocycles. The zero-order chi connectivity index (χ0) is 26.5. The minimum absolute atomic E-state index is 0.0337. The van der Waals surface area contributed by atoms with Gasteiger partial charge in [0.05, 0.1) is 30.8 Å². The molecule has 0 aromatic carbocycles. The summed E-state index contributed by atoms with van der Waals surface area (Å²) in [5.41, 5.74) is -0.336. The van der Waals surface area contributed by atoms with Crippen LogP contribution in [0.1, 0.15) is 67.2 Å². The van der Waals surface area contributed by atoms with Crippen molar-refractivity contribution in [1.82, 2.24) is 10.6 Å². The second-order valence-corrected chi connectivity index (χ2v) is 10.1. The average molecular weight is 491 g/mol. The second kappa shape index (κ2) is 14.6. The van der Waals surface area contributed by atoms with Crippen molar-refractivity contribution in [3.05, 3.63) is 48.1 Å². The fourth-order valence-corrected chi connectivity index (χ4v) is 3.48. The molecule has 0 radical (unpaired) electrons. The molecule has 0 aromatic rings. The third kappa shape index (κ3) is 14.3. The number of allylic oxidation sites excluding steroid dienone is 6. The molecular formula is C27H42N2O6. The Hall–Kier alpha value is -2.71. The Bertz CT molecular complexity index is 839. The van der Waals surface area contributed by atoms with E-state index in [1.807, 2.05) is 71.9 Å². The van der Waals surface area contributed by atoms with E-state index in [9.17, 15) is 14.4 Å². The van der Waals surface area contributed by atoms with Crippen LogP contribution in [0.4, 0.5) is 0 Å². The van der Waals surface area contributed by atoms with Crippen LogP contribution in [0.3, 0.4) is 0 Å². The second-order valence-electron chi connectivity index (χ2n) is 10.1. The third-order valence-corrected chi connectivity index (χ3v) is 5.33. The van der Waals surface area contributed by atoms with Crippen LogP contribution in [0.2, 0.25) is 0 Å². The quantitative estimate of drug-likeness (QED) is 0.321. The van der Waals surface area contributed by atoms with Crippen molar-refractivity contribution in [3.63, 3.8) is 0 Å². The van der Waals surface area contributed by atoms with Crippen molar-refractivity contribution in [1.29, 1.82) is 0 Å². The van der Waals surface area contributed by atoms with Crippen molar-refractivity contribution < 1.29 is 29.0 Å². The molecule has 0 bridgehead atoms. The van der Waals surface area contributed by atoms with Crippen molar-refractivity contribution in [2.75, 3.05) is 13.2 Å². The van der Waals surface area contributed by atoms with Crippen LogP contribution in [0.5, 0.6) is 0 Å². The maximum atomic E-state index is 12.5. The minimum atomic E-state index is -0.988. The van der Waals surface area contributed by atoms with E-state index in [2.05, 4.69) is 10.6 Å². The standard InChI is InChI=1S/C27H42N2O6/c1-20(28-23(30)14-15-24(31)32)18-27(5,6)34-17-16-26(3,4)35-19-21(2)29-25(33)22-12-10-8-7-9-11-13-22/h7-13,20-21H,14-19H2,1-6H3,(H,28,30)(H,29,33)(H,31,32)/b8-7-,9-7?,10-8?,11-9-,12-10-,13-11?,22-12?,22-13+. The molecule has 2 atom stereocenters. The summed E-state index contributed by atoms with van der Waals surface area (Å²) < 4.78 is 12.1. The lowest BCUT2D eigenvalue weighted by molar-refractivity contribution is -0.139. The Morgan fingerprint density at radius 2 is 1.54 bits per heavy atom. The number of rotatable bonds is 15. The number of nitrogens with one attached hydrogen (secondary N) is 2. The fourth-order valence-electron chi connectivity index (χ4n) is 3.48. The fraction of sp³-hybridized carbons (Fsp3) is 0.593.